The highest BCUT2D eigenvalue weighted by Gasteiger charge is 2.44. The number of nitriles is 1. The summed E-state index contributed by atoms with van der Waals surface area (Å²) in [7, 11) is 0. The summed E-state index contributed by atoms with van der Waals surface area (Å²) >= 11 is 1.62. The van der Waals surface area contributed by atoms with Gasteiger partial charge in [-0.15, -0.1) is 11.3 Å². The maximum Gasteiger partial charge on any atom is 0.313 e. The summed E-state index contributed by atoms with van der Waals surface area (Å²) in [5.41, 5.74) is -0.555. The molecule has 2 fully saturated rings. The molecule has 2 aromatic rings. The number of thiazole rings is 1. The zero-order valence-corrected chi connectivity index (χ0v) is 18.1. The molecule has 2 aliphatic carbocycles. The molecule has 158 valence electrons. The Morgan fingerprint density at radius 3 is 2.70 bits per heavy atom. The van der Waals surface area contributed by atoms with Crippen LogP contribution in [0.2, 0.25) is 0 Å². The van der Waals surface area contributed by atoms with E-state index in [9.17, 15) is 14.9 Å². The lowest BCUT2D eigenvalue weighted by Crippen LogP contribution is -2.48. The molecule has 2 saturated carbocycles. The fraction of sp³-hybridized carbons (Fsp3) is 0.565. The van der Waals surface area contributed by atoms with Gasteiger partial charge in [0, 0.05) is 6.42 Å². The van der Waals surface area contributed by atoms with Gasteiger partial charge in [0.25, 0.3) is 5.91 Å². The number of carbonyl (C=O) groups excluding carboxylic acids is 2. The number of nitrogens with zero attached hydrogens (tertiary/aromatic N) is 2. The van der Waals surface area contributed by atoms with Gasteiger partial charge in [0.15, 0.2) is 6.61 Å². The number of amides is 1. The van der Waals surface area contributed by atoms with E-state index >= 15 is 0 Å². The second-order valence-corrected chi connectivity index (χ2v) is 9.92. The van der Waals surface area contributed by atoms with E-state index in [1.165, 1.54) is 0 Å². The van der Waals surface area contributed by atoms with Crippen molar-refractivity contribution in [2.24, 2.45) is 11.3 Å². The van der Waals surface area contributed by atoms with Gasteiger partial charge in [-0.3, -0.25) is 9.59 Å². The summed E-state index contributed by atoms with van der Waals surface area (Å²) in [5, 5.41) is 13.1. The Hall–Kier alpha value is -2.46. The van der Waals surface area contributed by atoms with Crippen molar-refractivity contribution in [1.29, 1.82) is 5.26 Å². The molecule has 0 bridgehead atoms. The van der Waals surface area contributed by atoms with Crippen molar-refractivity contribution >= 4 is 33.4 Å². The molecule has 1 aromatic carbocycles. The summed E-state index contributed by atoms with van der Waals surface area (Å²) in [5.74, 6) is -0.544. The molecule has 0 radical (unpaired) electrons. The average molecular weight is 426 g/mol. The van der Waals surface area contributed by atoms with Crippen molar-refractivity contribution in [1.82, 2.24) is 10.3 Å². The quantitative estimate of drug-likeness (QED) is 0.673. The molecule has 4 rings (SSSR count). The highest BCUT2D eigenvalue weighted by molar-refractivity contribution is 7.18. The van der Waals surface area contributed by atoms with Crippen molar-refractivity contribution in [2.45, 2.75) is 63.8 Å². The predicted octanol–water partition coefficient (Wildman–Crippen LogP) is 4.14. The van der Waals surface area contributed by atoms with E-state index in [0.29, 0.717) is 6.42 Å². The number of benzene rings is 1. The van der Waals surface area contributed by atoms with Crippen LogP contribution >= 0.6 is 11.3 Å². The molecule has 1 amide bonds. The average Bonchev–Trinajstić information content (AvgIpc) is 3.53. The third kappa shape index (κ3) is 4.34. The molecule has 0 saturated heterocycles. The van der Waals surface area contributed by atoms with E-state index in [1.54, 1.807) is 18.3 Å². The number of ether oxygens (including phenoxy) is 1. The minimum atomic E-state index is -0.882. The van der Waals surface area contributed by atoms with Crippen LogP contribution in [0.25, 0.3) is 10.2 Å². The largest absolute Gasteiger partial charge is 0.455 e. The maximum atomic E-state index is 13.1. The number of rotatable bonds is 7. The summed E-state index contributed by atoms with van der Waals surface area (Å²) in [4.78, 5) is 30.2. The fourth-order valence-electron chi connectivity index (χ4n) is 4.46. The molecule has 1 atom stereocenters. The molecule has 7 heteroatoms. The topological polar surface area (TPSA) is 92.1 Å². The van der Waals surface area contributed by atoms with E-state index in [2.05, 4.69) is 11.4 Å². The minimum Gasteiger partial charge on any atom is -0.455 e. The van der Waals surface area contributed by atoms with Gasteiger partial charge in [-0.2, -0.15) is 5.26 Å². The SMILES string of the molecule is CC(C#N)(NC(=O)COC(=O)C1(Cc2nc3ccccc3s2)CCCCC1)C1CC1. The molecule has 30 heavy (non-hydrogen) atoms. The lowest BCUT2D eigenvalue weighted by atomic mass is 9.72. The van der Waals surface area contributed by atoms with Gasteiger partial charge >= 0.3 is 5.97 Å². The van der Waals surface area contributed by atoms with Crippen LogP contribution in [0.1, 0.15) is 56.9 Å². The Morgan fingerprint density at radius 2 is 2.03 bits per heavy atom. The van der Waals surface area contributed by atoms with E-state index in [1.807, 2.05) is 24.3 Å². The molecule has 6 nitrogen and oxygen atoms in total. The number of hydrogen-bond acceptors (Lipinski definition) is 6. The second-order valence-electron chi connectivity index (χ2n) is 8.81. The van der Waals surface area contributed by atoms with Crippen LogP contribution in [0.4, 0.5) is 0 Å². The Bertz CT molecular complexity index is 952. The van der Waals surface area contributed by atoms with Gasteiger partial charge in [-0.05, 0) is 50.7 Å². The molecule has 1 heterocycles. The summed E-state index contributed by atoms with van der Waals surface area (Å²) < 4.78 is 6.61. The predicted molar refractivity (Wildman–Crippen MR) is 115 cm³/mol. The molecule has 1 unspecified atom stereocenters. The van der Waals surface area contributed by atoms with E-state index in [0.717, 1.165) is 60.2 Å². The second kappa shape index (κ2) is 8.35. The Balaban J connectivity index is 1.43. The Kier molecular flexibility index (Phi) is 5.79. The van der Waals surface area contributed by atoms with Crippen molar-refractivity contribution in [2.75, 3.05) is 6.61 Å². The number of esters is 1. The zero-order valence-electron chi connectivity index (χ0n) is 17.3. The van der Waals surface area contributed by atoms with Crippen LogP contribution in [-0.2, 0) is 20.7 Å². The van der Waals surface area contributed by atoms with Crippen molar-refractivity contribution in [3.63, 3.8) is 0 Å². The van der Waals surface area contributed by atoms with E-state index < -0.39 is 16.9 Å². The first-order valence-corrected chi connectivity index (χ1v) is 11.5. The van der Waals surface area contributed by atoms with Crippen molar-refractivity contribution in [3.8, 4) is 6.07 Å². The maximum absolute atomic E-state index is 13.1. The lowest BCUT2D eigenvalue weighted by Gasteiger charge is -2.34. The molecule has 0 aliphatic heterocycles. The molecular weight excluding hydrogens is 398 g/mol. The highest BCUT2D eigenvalue weighted by atomic mass is 32.1. The minimum absolute atomic E-state index is 0.186. The van der Waals surface area contributed by atoms with Gasteiger partial charge in [-0.1, -0.05) is 31.4 Å². The third-order valence-electron chi connectivity index (χ3n) is 6.43. The Morgan fingerprint density at radius 1 is 1.30 bits per heavy atom. The van der Waals surface area contributed by atoms with Gasteiger partial charge in [0.05, 0.1) is 26.7 Å². The highest BCUT2D eigenvalue weighted by Crippen LogP contribution is 2.42. The van der Waals surface area contributed by atoms with Crippen molar-refractivity contribution < 1.29 is 14.3 Å². The van der Waals surface area contributed by atoms with Crippen LogP contribution in [0.3, 0.4) is 0 Å². The molecule has 1 N–H and O–H groups in total. The van der Waals surface area contributed by atoms with Gasteiger partial charge < -0.3 is 10.1 Å². The van der Waals surface area contributed by atoms with E-state index in [4.69, 9.17) is 9.72 Å². The summed E-state index contributed by atoms with van der Waals surface area (Å²) in [6.45, 7) is 1.39. The van der Waals surface area contributed by atoms with Crippen LogP contribution in [0.5, 0.6) is 0 Å². The summed E-state index contributed by atoms with van der Waals surface area (Å²) in [6.07, 6.45) is 6.98. The first kappa shape index (κ1) is 20.8. The van der Waals surface area contributed by atoms with Crippen LogP contribution < -0.4 is 5.32 Å². The third-order valence-corrected chi connectivity index (χ3v) is 7.47. The van der Waals surface area contributed by atoms with Gasteiger partial charge in [0.1, 0.15) is 5.54 Å². The molecule has 0 spiro atoms. The first-order chi connectivity index (χ1) is 14.4. The number of para-hydroxylation sites is 1. The smallest absolute Gasteiger partial charge is 0.313 e. The first-order valence-electron chi connectivity index (χ1n) is 10.7. The van der Waals surface area contributed by atoms with Crippen LogP contribution in [0, 0.1) is 22.7 Å². The summed E-state index contributed by atoms with van der Waals surface area (Å²) in [6, 6.07) is 10.2. The van der Waals surface area contributed by atoms with Gasteiger partial charge in [0.2, 0.25) is 0 Å². The Labute approximate surface area is 180 Å². The lowest BCUT2D eigenvalue weighted by molar-refractivity contribution is -0.161. The van der Waals surface area contributed by atoms with Gasteiger partial charge in [-0.25, -0.2) is 4.98 Å². The number of nitrogens with one attached hydrogen (secondary N) is 1. The number of hydrogen-bond donors (Lipinski definition) is 1. The zero-order chi connectivity index (χ0) is 21.2. The number of carbonyl (C=O) groups is 2. The van der Waals surface area contributed by atoms with Crippen molar-refractivity contribution in [3.05, 3.63) is 29.3 Å². The van der Waals surface area contributed by atoms with Crippen LogP contribution in [-0.4, -0.2) is 29.0 Å². The van der Waals surface area contributed by atoms with E-state index in [-0.39, 0.29) is 18.5 Å². The standard InChI is InChI=1S/C23H27N3O3S/c1-22(15-24,16-9-10-16)26-19(27)14-29-21(28)23(11-5-2-6-12-23)13-20-25-17-7-3-4-8-18(17)30-20/h3-4,7-8,16H,2,5-6,9-14H2,1H3,(H,26,27). The number of aromatic nitrogens is 1. The molecular formula is C23H27N3O3S. The number of fused-ring (bicyclic) bond motifs is 1. The molecule has 1 aromatic heterocycles. The monoisotopic (exact) mass is 425 g/mol. The van der Waals surface area contributed by atoms with Crippen LogP contribution in [0.15, 0.2) is 24.3 Å². The molecule has 2 aliphatic rings. The normalized spacial score (nSPS) is 20.1. The fourth-order valence-corrected chi connectivity index (χ4v) is 5.57.